The molecule has 2 amide bonds. The van der Waals surface area contributed by atoms with E-state index in [4.69, 9.17) is 11.1 Å². The number of carbonyl (C=O) groups is 2. The molecule has 1 atom stereocenters. The Kier molecular flexibility index (Phi) is 11.9. The Morgan fingerprint density at radius 2 is 1.33 bits per heavy atom. The summed E-state index contributed by atoms with van der Waals surface area (Å²) in [6.07, 6.45) is 4.21. The molecule has 0 aliphatic heterocycles. The molecule has 4 aromatic rings. The zero-order valence-electron chi connectivity index (χ0n) is 29.2. The molecule has 8 heteroatoms. The topological polar surface area (TPSA) is 106 Å². The number of rotatable bonds is 12. The summed E-state index contributed by atoms with van der Waals surface area (Å²) < 4.78 is 0. The molecule has 5 rings (SSSR count). The Balaban J connectivity index is 1.58. The van der Waals surface area contributed by atoms with Gasteiger partial charge in [0.1, 0.15) is 6.04 Å². The molecule has 8 nitrogen and oxygen atoms in total. The highest BCUT2D eigenvalue weighted by Crippen LogP contribution is 2.43. The summed E-state index contributed by atoms with van der Waals surface area (Å²) in [4.78, 5) is 34.8. The van der Waals surface area contributed by atoms with Gasteiger partial charge in [0.25, 0.3) is 0 Å². The number of hydrogen-bond donors (Lipinski definition) is 3. The molecule has 0 aromatic heterocycles. The van der Waals surface area contributed by atoms with Crippen molar-refractivity contribution in [2.45, 2.75) is 50.1 Å². The standard InChI is InChI=1S/C41H50N6O2/c1-45(2)27-30-23-25-31(26-24-30)34-21-14-22-35(38(34)47(4)41(42)43)37(40(49)46(3)28-29-15-8-5-9-16-29)44-39(48)36(32-17-10-6-11-18-32)33-19-12-7-13-20-33/h5-22,30-31,36-37H,23-28H2,1-4H3,(H3,42,43)(H,44,48). The smallest absolute Gasteiger partial charge is 0.249 e. The first-order chi connectivity index (χ1) is 23.6. The molecule has 1 aliphatic carbocycles. The number of hydrogen-bond acceptors (Lipinski definition) is 4. The van der Waals surface area contributed by atoms with Crippen molar-refractivity contribution in [2.75, 3.05) is 39.6 Å². The van der Waals surface area contributed by atoms with Gasteiger partial charge in [-0.1, -0.05) is 109 Å². The number of likely N-dealkylation sites (N-methyl/N-ethyl adjacent to an activating group) is 1. The van der Waals surface area contributed by atoms with Gasteiger partial charge in [-0.2, -0.15) is 0 Å². The van der Waals surface area contributed by atoms with E-state index in [0.717, 1.165) is 54.5 Å². The lowest BCUT2D eigenvalue weighted by Crippen LogP contribution is -2.44. The highest BCUT2D eigenvalue weighted by atomic mass is 16.2. The molecular weight excluding hydrogens is 608 g/mol. The average molecular weight is 659 g/mol. The summed E-state index contributed by atoms with van der Waals surface area (Å²) in [5.41, 5.74) is 11.2. The first-order valence-corrected chi connectivity index (χ1v) is 17.2. The van der Waals surface area contributed by atoms with Crippen molar-refractivity contribution in [3.05, 3.63) is 137 Å². The Morgan fingerprint density at radius 3 is 1.86 bits per heavy atom. The fraction of sp³-hybridized carbons (Fsp3) is 0.341. The van der Waals surface area contributed by atoms with Crippen molar-refractivity contribution >= 4 is 23.5 Å². The Morgan fingerprint density at radius 1 is 0.776 bits per heavy atom. The van der Waals surface area contributed by atoms with E-state index in [2.05, 4.69) is 30.4 Å². The zero-order valence-corrected chi connectivity index (χ0v) is 29.2. The lowest BCUT2D eigenvalue weighted by Gasteiger charge is -2.35. The average Bonchev–Trinajstić information content (AvgIpc) is 3.11. The van der Waals surface area contributed by atoms with Crippen LogP contribution in [0.25, 0.3) is 0 Å². The molecule has 1 unspecified atom stereocenters. The molecule has 0 radical (unpaired) electrons. The second-order valence-corrected chi connectivity index (χ2v) is 13.6. The molecule has 4 N–H and O–H groups in total. The Labute approximate surface area is 291 Å². The van der Waals surface area contributed by atoms with E-state index in [1.807, 2.05) is 103 Å². The van der Waals surface area contributed by atoms with E-state index in [1.54, 1.807) is 23.9 Å². The van der Waals surface area contributed by atoms with Gasteiger partial charge in [-0.3, -0.25) is 15.0 Å². The lowest BCUT2D eigenvalue weighted by atomic mass is 9.77. The predicted molar refractivity (Wildman–Crippen MR) is 199 cm³/mol. The van der Waals surface area contributed by atoms with Crippen molar-refractivity contribution in [1.29, 1.82) is 5.41 Å². The van der Waals surface area contributed by atoms with Crippen LogP contribution in [0.1, 0.15) is 71.4 Å². The molecule has 256 valence electrons. The molecule has 0 saturated heterocycles. The maximum absolute atomic E-state index is 14.7. The summed E-state index contributed by atoms with van der Waals surface area (Å²) in [6, 6.07) is 34.1. The normalized spacial score (nSPS) is 16.6. The van der Waals surface area contributed by atoms with Gasteiger partial charge in [0.2, 0.25) is 11.8 Å². The molecule has 1 fully saturated rings. The maximum Gasteiger partial charge on any atom is 0.249 e. The molecule has 1 aliphatic rings. The van der Waals surface area contributed by atoms with Crippen LogP contribution in [-0.2, 0) is 16.1 Å². The van der Waals surface area contributed by atoms with Crippen LogP contribution in [0, 0.1) is 11.3 Å². The Hall–Kier alpha value is -4.95. The molecule has 4 aromatic carbocycles. The number of amides is 2. The molecule has 0 heterocycles. The number of guanidine groups is 1. The number of nitrogens with two attached hydrogens (primary N) is 1. The summed E-state index contributed by atoms with van der Waals surface area (Å²) in [6.45, 7) is 1.44. The van der Waals surface area contributed by atoms with Crippen LogP contribution in [0.15, 0.2) is 109 Å². The van der Waals surface area contributed by atoms with Gasteiger partial charge < -0.3 is 25.8 Å². The molecule has 1 saturated carbocycles. The molecular formula is C41H50N6O2. The number of para-hydroxylation sites is 1. The quantitative estimate of drug-likeness (QED) is 0.119. The number of anilines is 1. The zero-order chi connectivity index (χ0) is 34.9. The van der Waals surface area contributed by atoms with E-state index in [1.165, 1.54) is 0 Å². The number of nitrogens with zero attached hydrogens (tertiary/aromatic N) is 3. The molecule has 49 heavy (non-hydrogen) atoms. The summed E-state index contributed by atoms with van der Waals surface area (Å²) in [5, 5.41) is 11.7. The van der Waals surface area contributed by atoms with Crippen molar-refractivity contribution in [2.24, 2.45) is 11.7 Å². The highest BCUT2D eigenvalue weighted by Gasteiger charge is 2.35. The van der Waals surface area contributed by atoms with E-state index in [-0.39, 0.29) is 23.7 Å². The van der Waals surface area contributed by atoms with Gasteiger partial charge in [0.05, 0.1) is 11.6 Å². The minimum Gasteiger partial charge on any atom is -0.370 e. The van der Waals surface area contributed by atoms with Gasteiger partial charge in [0, 0.05) is 32.7 Å². The van der Waals surface area contributed by atoms with Crippen LogP contribution in [-0.4, -0.2) is 62.3 Å². The van der Waals surface area contributed by atoms with Gasteiger partial charge in [-0.15, -0.1) is 0 Å². The Bertz CT molecular complexity index is 1650. The van der Waals surface area contributed by atoms with Gasteiger partial charge in [-0.05, 0) is 73.9 Å². The summed E-state index contributed by atoms with van der Waals surface area (Å²) in [5.74, 6) is -0.420. The number of carbonyl (C=O) groups excluding carboxylic acids is 2. The second kappa shape index (κ2) is 16.4. The van der Waals surface area contributed by atoms with Crippen molar-refractivity contribution in [3.63, 3.8) is 0 Å². The fourth-order valence-electron chi connectivity index (χ4n) is 7.26. The monoisotopic (exact) mass is 658 g/mol. The van der Waals surface area contributed by atoms with Gasteiger partial charge in [-0.25, -0.2) is 0 Å². The van der Waals surface area contributed by atoms with E-state index in [9.17, 15) is 9.59 Å². The third-order valence-corrected chi connectivity index (χ3v) is 9.72. The maximum atomic E-state index is 14.7. The SMILES string of the molecule is CN(C)CC1CCC(c2cccc(C(NC(=O)C(c3ccccc3)c3ccccc3)C(=O)N(C)Cc3ccccc3)c2N(C)C(=N)N)CC1. The van der Waals surface area contributed by atoms with Crippen LogP contribution >= 0.6 is 0 Å². The fourth-order valence-corrected chi connectivity index (χ4v) is 7.26. The molecule has 0 spiro atoms. The van der Waals surface area contributed by atoms with Crippen LogP contribution in [0.3, 0.4) is 0 Å². The minimum absolute atomic E-state index is 0.128. The summed E-state index contributed by atoms with van der Waals surface area (Å²) >= 11 is 0. The van der Waals surface area contributed by atoms with Crippen molar-refractivity contribution in [3.8, 4) is 0 Å². The van der Waals surface area contributed by atoms with Gasteiger partial charge >= 0.3 is 0 Å². The van der Waals surface area contributed by atoms with E-state index in [0.29, 0.717) is 23.7 Å². The summed E-state index contributed by atoms with van der Waals surface area (Å²) in [7, 11) is 7.78. The van der Waals surface area contributed by atoms with E-state index < -0.39 is 12.0 Å². The second-order valence-electron chi connectivity index (χ2n) is 13.6. The third-order valence-electron chi connectivity index (χ3n) is 9.72. The van der Waals surface area contributed by atoms with Crippen LogP contribution in [0.2, 0.25) is 0 Å². The first-order valence-electron chi connectivity index (χ1n) is 17.2. The van der Waals surface area contributed by atoms with Crippen LogP contribution in [0.4, 0.5) is 5.69 Å². The van der Waals surface area contributed by atoms with Crippen molar-refractivity contribution in [1.82, 2.24) is 15.1 Å². The van der Waals surface area contributed by atoms with Gasteiger partial charge in [0.15, 0.2) is 5.96 Å². The number of nitrogens with one attached hydrogen (secondary N) is 2. The third kappa shape index (κ3) is 8.75. The largest absolute Gasteiger partial charge is 0.370 e. The minimum atomic E-state index is -1.03. The molecule has 0 bridgehead atoms. The first kappa shape index (κ1) is 35.4. The van der Waals surface area contributed by atoms with Crippen molar-refractivity contribution < 1.29 is 9.59 Å². The van der Waals surface area contributed by atoms with Crippen LogP contribution in [0.5, 0.6) is 0 Å². The number of benzene rings is 4. The van der Waals surface area contributed by atoms with E-state index >= 15 is 0 Å². The van der Waals surface area contributed by atoms with Crippen LogP contribution < -0.4 is 16.0 Å². The lowest BCUT2D eigenvalue weighted by molar-refractivity contribution is -0.136. The highest BCUT2D eigenvalue weighted by molar-refractivity contribution is 5.98. The predicted octanol–water partition coefficient (Wildman–Crippen LogP) is 6.50.